The van der Waals surface area contributed by atoms with Crippen LogP contribution in [0.15, 0.2) is 11.1 Å². The predicted molar refractivity (Wildman–Crippen MR) is 65.5 cm³/mol. The summed E-state index contributed by atoms with van der Waals surface area (Å²) < 4.78 is 0. The van der Waals surface area contributed by atoms with Crippen LogP contribution in [0.3, 0.4) is 0 Å². The number of carbonyl (C=O) groups is 1. The molecule has 1 aromatic heterocycles. The zero-order chi connectivity index (χ0) is 11.9. The Bertz CT molecular complexity index is 414. The first kappa shape index (κ1) is 11.4. The number of H-pyrrole nitrogens is 1. The molecule has 2 N–H and O–H groups in total. The summed E-state index contributed by atoms with van der Waals surface area (Å²) in [5.41, 5.74) is 1.27. The fourth-order valence-corrected chi connectivity index (χ4v) is 3.19. The highest BCUT2D eigenvalue weighted by Gasteiger charge is 2.27. The summed E-state index contributed by atoms with van der Waals surface area (Å²) in [7, 11) is 2.01. The van der Waals surface area contributed by atoms with Crippen molar-refractivity contribution in [2.45, 2.75) is 24.1 Å². The van der Waals surface area contributed by atoms with Crippen LogP contribution in [0.1, 0.15) is 24.3 Å². The first-order valence-corrected chi connectivity index (χ1v) is 6.21. The van der Waals surface area contributed by atoms with Gasteiger partial charge in [0.2, 0.25) is 0 Å². The number of carboxylic acids is 1. The zero-order valence-electron chi connectivity index (χ0n) is 9.65. The number of fused-ring (bicyclic) bond motifs is 1. The van der Waals surface area contributed by atoms with E-state index in [-0.39, 0.29) is 5.69 Å². The Morgan fingerprint density at radius 3 is 2.94 bits per heavy atom. The number of aromatic carboxylic acids is 1. The Hall–Kier alpha value is -1.10. The molecule has 1 atom stereocenters. The topological polar surface area (TPSA) is 56.3 Å². The molecule has 1 aliphatic heterocycles. The maximum atomic E-state index is 10.9. The normalized spacial score (nSPS) is 20.0. The minimum absolute atomic E-state index is 0.272. The molecule has 1 aromatic rings. The van der Waals surface area contributed by atoms with Crippen LogP contribution in [0.25, 0.3) is 0 Å². The Labute approximate surface area is 99.0 Å². The average Bonchev–Trinajstić information content (AvgIpc) is 2.61. The van der Waals surface area contributed by atoms with Crippen LogP contribution in [0, 0.1) is 5.92 Å². The summed E-state index contributed by atoms with van der Waals surface area (Å²) in [5, 5.41) is 10.4. The molecule has 0 saturated heterocycles. The van der Waals surface area contributed by atoms with Gasteiger partial charge in [-0.3, -0.25) is 0 Å². The molecule has 0 saturated carbocycles. The molecule has 88 valence electrons. The number of anilines is 1. The Balaban J connectivity index is 2.32. The molecule has 16 heavy (non-hydrogen) atoms. The number of aromatic nitrogens is 1. The van der Waals surface area contributed by atoms with Gasteiger partial charge in [0.1, 0.15) is 5.69 Å². The van der Waals surface area contributed by atoms with Crippen molar-refractivity contribution in [1.82, 2.24) is 4.98 Å². The van der Waals surface area contributed by atoms with Gasteiger partial charge in [-0.05, 0) is 12.0 Å². The lowest BCUT2D eigenvalue weighted by atomic mass is 10.1. The van der Waals surface area contributed by atoms with E-state index in [1.165, 1.54) is 0 Å². The van der Waals surface area contributed by atoms with E-state index in [0.717, 1.165) is 17.3 Å². The van der Waals surface area contributed by atoms with Crippen molar-refractivity contribution in [3.63, 3.8) is 0 Å². The highest BCUT2D eigenvalue weighted by atomic mass is 32.2. The number of hydrogen-bond donors (Lipinski definition) is 2. The Kier molecular flexibility index (Phi) is 2.88. The SMILES string of the molecule is CC(C)C1CN(C)c2cc(C(=O)O)[nH]c2S1. The van der Waals surface area contributed by atoms with Crippen LogP contribution in [0.2, 0.25) is 0 Å². The summed E-state index contributed by atoms with van der Waals surface area (Å²) in [4.78, 5) is 16.0. The molecular weight excluding hydrogens is 224 g/mol. The van der Waals surface area contributed by atoms with Crippen LogP contribution >= 0.6 is 11.8 Å². The van der Waals surface area contributed by atoms with Gasteiger partial charge in [-0.15, -0.1) is 11.8 Å². The van der Waals surface area contributed by atoms with Gasteiger partial charge < -0.3 is 15.0 Å². The standard InChI is InChI=1S/C11H16N2O2S/c1-6(2)9-5-13(3)8-4-7(11(14)15)12-10(8)16-9/h4,6,9,12H,5H2,1-3H3,(H,14,15). The van der Waals surface area contributed by atoms with Crippen LogP contribution in [-0.4, -0.2) is 34.9 Å². The van der Waals surface area contributed by atoms with Gasteiger partial charge in [0.25, 0.3) is 0 Å². The number of nitrogens with zero attached hydrogens (tertiary/aromatic N) is 1. The fourth-order valence-electron chi connectivity index (χ4n) is 1.82. The van der Waals surface area contributed by atoms with Crippen molar-refractivity contribution in [3.05, 3.63) is 11.8 Å². The first-order valence-electron chi connectivity index (χ1n) is 5.33. The number of nitrogens with one attached hydrogen (secondary N) is 1. The summed E-state index contributed by atoms with van der Waals surface area (Å²) in [6, 6.07) is 1.71. The monoisotopic (exact) mass is 240 g/mol. The molecule has 2 heterocycles. The lowest BCUT2D eigenvalue weighted by Gasteiger charge is -2.32. The van der Waals surface area contributed by atoms with Crippen LogP contribution in [0.4, 0.5) is 5.69 Å². The molecule has 0 aliphatic carbocycles. The molecule has 2 rings (SSSR count). The minimum Gasteiger partial charge on any atom is -0.477 e. The Morgan fingerprint density at radius 2 is 2.38 bits per heavy atom. The minimum atomic E-state index is -0.899. The average molecular weight is 240 g/mol. The number of carboxylic acid groups (broad SMARTS) is 1. The summed E-state index contributed by atoms with van der Waals surface area (Å²) >= 11 is 1.75. The maximum Gasteiger partial charge on any atom is 0.352 e. The van der Waals surface area contributed by atoms with E-state index in [1.807, 2.05) is 7.05 Å². The molecular formula is C11H16N2O2S. The smallest absolute Gasteiger partial charge is 0.352 e. The molecule has 0 spiro atoms. The van der Waals surface area contributed by atoms with Crippen molar-refractivity contribution in [3.8, 4) is 0 Å². The van der Waals surface area contributed by atoms with E-state index >= 15 is 0 Å². The van der Waals surface area contributed by atoms with Crippen LogP contribution in [-0.2, 0) is 0 Å². The second-order valence-electron chi connectivity index (χ2n) is 4.48. The van der Waals surface area contributed by atoms with Gasteiger partial charge >= 0.3 is 5.97 Å². The lowest BCUT2D eigenvalue weighted by molar-refractivity contribution is 0.0691. The largest absolute Gasteiger partial charge is 0.477 e. The summed E-state index contributed by atoms with van der Waals surface area (Å²) in [6.45, 7) is 5.35. The van der Waals surface area contributed by atoms with Crippen LogP contribution in [0.5, 0.6) is 0 Å². The van der Waals surface area contributed by atoms with E-state index in [4.69, 9.17) is 5.11 Å². The number of aromatic amines is 1. The first-order chi connectivity index (χ1) is 7.49. The van der Waals surface area contributed by atoms with Gasteiger partial charge in [0.05, 0.1) is 10.7 Å². The molecule has 0 amide bonds. The third kappa shape index (κ3) is 1.91. The van der Waals surface area contributed by atoms with Crippen molar-refractivity contribution < 1.29 is 9.90 Å². The van der Waals surface area contributed by atoms with Gasteiger partial charge in [-0.25, -0.2) is 4.79 Å². The van der Waals surface area contributed by atoms with E-state index in [2.05, 4.69) is 23.7 Å². The maximum absolute atomic E-state index is 10.9. The molecule has 0 aromatic carbocycles. The molecule has 4 nitrogen and oxygen atoms in total. The molecule has 1 aliphatic rings. The zero-order valence-corrected chi connectivity index (χ0v) is 10.5. The predicted octanol–water partition coefficient (Wildman–Crippen LogP) is 2.28. The fraction of sp³-hybridized carbons (Fsp3) is 0.545. The molecule has 0 bridgehead atoms. The number of hydrogen-bond acceptors (Lipinski definition) is 3. The van der Waals surface area contributed by atoms with E-state index < -0.39 is 5.97 Å². The molecule has 1 unspecified atom stereocenters. The third-order valence-electron chi connectivity index (χ3n) is 2.87. The van der Waals surface area contributed by atoms with Crippen molar-refractivity contribution >= 4 is 23.4 Å². The van der Waals surface area contributed by atoms with Gasteiger partial charge in [-0.2, -0.15) is 0 Å². The highest BCUT2D eigenvalue weighted by molar-refractivity contribution is 8.00. The number of thioether (sulfide) groups is 1. The summed E-state index contributed by atoms with van der Waals surface area (Å²) in [5.74, 6) is -0.318. The summed E-state index contributed by atoms with van der Waals surface area (Å²) in [6.07, 6.45) is 0. The second-order valence-corrected chi connectivity index (χ2v) is 5.73. The van der Waals surface area contributed by atoms with Gasteiger partial charge in [0, 0.05) is 18.8 Å². The van der Waals surface area contributed by atoms with Crippen molar-refractivity contribution in [2.75, 3.05) is 18.5 Å². The van der Waals surface area contributed by atoms with Gasteiger partial charge in [0.15, 0.2) is 0 Å². The molecule has 5 heteroatoms. The molecule has 0 radical (unpaired) electrons. The Morgan fingerprint density at radius 1 is 1.69 bits per heavy atom. The van der Waals surface area contributed by atoms with E-state index in [0.29, 0.717) is 11.2 Å². The lowest BCUT2D eigenvalue weighted by Crippen LogP contribution is -2.33. The van der Waals surface area contributed by atoms with E-state index in [1.54, 1.807) is 17.8 Å². The quantitative estimate of drug-likeness (QED) is 0.832. The van der Waals surface area contributed by atoms with Crippen molar-refractivity contribution in [2.24, 2.45) is 5.92 Å². The molecule has 0 fully saturated rings. The highest BCUT2D eigenvalue weighted by Crippen LogP contribution is 2.40. The second kappa shape index (κ2) is 4.05. The van der Waals surface area contributed by atoms with E-state index in [9.17, 15) is 4.79 Å². The number of rotatable bonds is 2. The van der Waals surface area contributed by atoms with Crippen molar-refractivity contribution in [1.29, 1.82) is 0 Å². The van der Waals surface area contributed by atoms with Gasteiger partial charge in [-0.1, -0.05) is 13.8 Å². The van der Waals surface area contributed by atoms with Crippen LogP contribution < -0.4 is 4.90 Å². The third-order valence-corrected chi connectivity index (χ3v) is 4.41.